The van der Waals surface area contributed by atoms with Crippen molar-refractivity contribution >= 4 is 33.2 Å². The maximum absolute atomic E-state index is 6.06. The largest absolute Gasteiger partial charge is 0.384 e. The van der Waals surface area contributed by atoms with Gasteiger partial charge in [-0.15, -0.1) is 0 Å². The monoisotopic (exact) mass is 366 g/mol. The van der Waals surface area contributed by atoms with Crippen LogP contribution in [0.25, 0.3) is 0 Å². The third kappa shape index (κ3) is 5.03. The summed E-state index contributed by atoms with van der Waals surface area (Å²) in [5, 5.41) is 4.22. The van der Waals surface area contributed by atoms with Gasteiger partial charge in [0.25, 0.3) is 0 Å². The van der Waals surface area contributed by atoms with Gasteiger partial charge in [-0.05, 0) is 55.9 Å². The zero-order chi connectivity index (χ0) is 15.2. The Labute approximate surface area is 140 Å². The molecular weight excluding hydrogens is 348 g/mol. The van der Waals surface area contributed by atoms with Gasteiger partial charge in [0.2, 0.25) is 0 Å². The SMILES string of the molecule is CC(c1cccc(Cl)c1)N(C)CCNc1ccc(Br)cc1. The van der Waals surface area contributed by atoms with Crippen molar-refractivity contribution < 1.29 is 0 Å². The number of rotatable bonds is 6. The molecule has 0 spiro atoms. The Bertz CT molecular complexity index is 571. The van der Waals surface area contributed by atoms with Crippen LogP contribution in [-0.2, 0) is 0 Å². The maximum atomic E-state index is 6.06. The minimum atomic E-state index is 0.343. The molecule has 1 unspecified atom stereocenters. The third-order valence-electron chi connectivity index (χ3n) is 3.63. The molecule has 0 saturated carbocycles. The standard InChI is InChI=1S/C17H20BrClN2/c1-13(14-4-3-5-16(19)12-14)21(2)11-10-20-17-8-6-15(18)7-9-17/h3-9,12-13,20H,10-11H2,1-2H3. The topological polar surface area (TPSA) is 15.3 Å². The number of hydrogen-bond donors (Lipinski definition) is 1. The summed E-state index contributed by atoms with van der Waals surface area (Å²) in [4.78, 5) is 2.32. The van der Waals surface area contributed by atoms with Crippen molar-refractivity contribution in [1.82, 2.24) is 4.90 Å². The fourth-order valence-corrected chi connectivity index (χ4v) is 2.62. The summed E-state index contributed by atoms with van der Waals surface area (Å²) < 4.78 is 1.10. The number of halogens is 2. The van der Waals surface area contributed by atoms with E-state index in [1.165, 1.54) is 5.56 Å². The molecule has 1 atom stereocenters. The van der Waals surface area contributed by atoms with Gasteiger partial charge in [0, 0.05) is 34.3 Å². The van der Waals surface area contributed by atoms with Crippen LogP contribution in [0.15, 0.2) is 53.0 Å². The summed E-state index contributed by atoms with van der Waals surface area (Å²) in [7, 11) is 2.13. The molecular formula is C17H20BrClN2. The van der Waals surface area contributed by atoms with Crippen LogP contribution in [0.3, 0.4) is 0 Å². The van der Waals surface area contributed by atoms with E-state index in [0.717, 1.165) is 28.3 Å². The summed E-state index contributed by atoms with van der Waals surface area (Å²) in [6, 6.07) is 16.6. The first-order valence-electron chi connectivity index (χ1n) is 7.01. The molecule has 0 aromatic heterocycles. The normalized spacial score (nSPS) is 12.4. The van der Waals surface area contributed by atoms with Crippen LogP contribution in [0.4, 0.5) is 5.69 Å². The second-order valence-corrected chi connectivity index (χ2v) is 6.50. The van der Waals surface area contributed by atoms with E-state index in [4.69, 9.17) is 11.6 Å². The number of benzene rings is 2. The van der Waals surface area contributed by atoms with Crippen LogP contribution in [0.1, 0.15) is 18.5 Å². The highest BCUT2D eigenvalue weighted by molar-refractivity contribution is 9.10. The minimum absolute atomic E-state index is 0.343. The molecule has 2 aromatic rings. The van der Waals surface area contributed by atoms with Gasteiger partial charge in [0.05, 0.1) is 0 Å². The Morgan fingerprint density at radius 3 is 2.57 bits per heavy atom. The van der Waals surface area contributed by atoms with Gasteiger partial charge in [0.15, 0.2) is 0 Å². The van der Waals surface area contributed by atoms with Gasteiger partial charge in [0.1, 0.15) is 0 Å². The summed E-state index contributed by atoms with van der Waals surface area (Å²) in [5.74, 6) is 0. The first-order valence-corrected chi connectivity index (χ1v) is 8.18. The lowest BCUT2D eigenvalue weighted by atomic mass is 10.1. The molecule has 4 heteroatoms. The predicted molar refractivity (Wildman–Crippen MR) is 95.1 cm³/mol. The van der Waals surface area contributed by atoms with Crippen LogP contribution >= 0.6 is 27.5 Å². The molecule has 0 heterocycles. The molecule has 0 saturated heterocycles. The Hall–Kier alpha value is -1.03. The van der Waals surface area contributed by atoms with Gasteiger partial charge in [-0.2, -0.15) is 0 Å². The molecule has 0 bridgehead atoms. The van der Waals surface area contributed by atoms with Crippen LogP contribution in [-0.4, -0.2) is 25.0 Å². The fraction of sp³-hybridized carbons (Fsp3) is 0.294. The highest BCUT2D eigenvalue weighted by Gasteiger charge is 2.11. The molecule has 112 valence electrons. The number of hydrogen-bond acceptors (Lipinski definition) is 2. The van der Waals surface area contributed by atoms with Crippen molar-refractivity contribution in [2.24, 2.45) is 0 Å². The second kappa shape index (κ2) is 7.83. The fourth-order valence-electron chi connectivity index (χ4n) is 2.16. The minimum Gasteiger partial charge on any atom is -0.384 e. The highest BCUT2D eigenvalue weighted by atomic mass is 79.9. The highest BCUT2D eigenvalue weighted by Crippen LogP contribution is 2.21. The molecule has 21 heavy (non-hydrogen) atoms. The lowest BCUT2D eigenvalue weighted by Crippen LogP contribution is -2.28. The Kier molecular flexibility index (Phi) is 6.09. The van der Waals surface area contributed by atoms with Crippen molar-refractivity contribution in [2.75, 3.05) is 25.5 Å². The van der Waals surface area contributed by atoms with Crippen molar-refractivity contribution in [3.05, 3.63) is 63.6 Å². The van der Waals surface area contributed by atoms with Crippen LogP contribution in [0.2, 0.25) is 5.02 Å². The number of nitrogens with one attached hydrogen (secondary N) is 1. The average molecular weight is 368 g/mol. The van der Waals surface area contributed by atoms with E-state index < -0.39 is 0 Å². The molecule has 2 rings (SSSR count). The molecule has 0 aliphatic heterocycles. The molecule has 2 aromatic carbocycles. The lowest BCUT2D eigenvalue weighted by molar-refractivity contribution is 0.271. The van der Waals surface area contributed by atoms with Gasteiger partial charge < -0.3 is 5.32 Å². The van der Waals surface area contributed by atoms with Crippen molar-refractivity contribution in [1.29, 1.82) is 0 Å². The van der Waals surface area contributed by atoms with Crippen LogP contribution in [0, 0.1) is 0 Å². The van der Waals surface area contributed by atoms with Gasteiger partial charge in [-0.3, -0.25) is 4.90 Å². The Morgan fingerprint density at radius 2 is 1.90 bits per heavy atom. The summed E-state index contributed by atoms with van der Waals surface area (Å²) in [5.41, 5.74) is 2.38. The van der Waals surface area contributed by atoms with Crippen molar-refractivity contribution in [3.8, 4) is 0 Å². The van der Waals surface area contributed by atoms with Gasteiger partial charge in [-0.1, -0.05) is 39.7 Å². The van der Waals surface area contributed by atoms with Gasteiger partial charge >= 0.3 is 0 Å². The number of nitrogens with zero attached hydrogens (tertiary/aromatic N) is 1. The zero-order valence-corrected chi connectivity index (χ0v) is 14.7. The molecule has 0 radical (unpaired) electrons. The van der Waals surface area contributed by atoms with E-state index in [2.05, 4.69) is 58.3 Å². The lowest BCUT2D eigenvalue weighted by Gasteiger charge is -2.25. The molecule has 0 fully saturated rings. The predicted octanol–water partition coefficient (Wildman–Crippen LogP) is 5.21. The van der Waals surface area contributed by atoms with E-state index in [1.807, 2.05) is 30.3 Å². The second-order valence-electron chi connectivity index (χ2n) is 5.15. The van der Waals surface area contributed by atoms with E-state index in [0.29, 0.717) is 6.04 Å². The summed E-state index contributed by atoms with van der Waals surface area (Å²) >= 11 is 9.50. The van der Waals surface area contributed by atoms with Crippen molar-refractivity contribution in [2.45, 2.75) is 13.0 Å². The number of likely N-dealkylation sites (N-methyl/N-ethyl adjacent to an activating group) is 1. The van der Waals surface area contributed by atoms with E-state index in [1.54, 1.807) is 0 Å². The smallest absolute Gasteiger partial charge is 0.0409 e. The van der Waals surface area contributed by atoms with Crippen molar-refractivity contribution in [3.63, 3.8) is 0 Å². The van der Waals surface area contributed by atoms with E-state index in [-0.39, 0.29) is 0 Å². The zero-order valence-electron chi connectivity index (χ0n) is 12.3. The van der Waals surface area contributed by atoms with Crippen LogP contribution < -0.4 is 5.32 Å². The summed E-state index contributed by atoms with van der Waals surface area (Å²) in [6.07, 6.45) is 0. The third-order valence-corrected chi connectivity index (χ3v) is 4.39. The number of anilines is 1. The van der Waals surface area contributed by atoms with E-state index >= 15 is 0 Å². The molecule has 0 amide bonds. The maximum Gasteiger partial charge on any atom is 0.0409 e. The van der Waals surface area contributed by atoms with Crippen LogP contribution in [0.5, 0.6) is 0 Å². The Morgan fingerprint density at radius 1 is 1.19 bits per heavy atom. The summed E-state index contributed by atoms with van der Waals surface area (Å²) in [6.45, 7) is 4.07. The molecule has 0 aliphatic carbocycles. The van der Waals surface area contributed by atoms with Gasteiger partial charge in [-0.25, -0.2) is 0 Å². The molecule has 2 nitrogen and oxygen atoms in total. The molecule has 0 aliphatic rings. The van der Waals surface area contributed by atoms with E-state index in [9.17, 15) is 0 Å². The first-order chi connectivity index (χ1) is 10.1. The average Bonchev–Trinajstić information content (AvgIpc) is 2.48. The quantitative estimate of drug-likeness (QED) is 0.754. The Balaban J connectivity index is 1.84. The molecule has 1 N–H and O–H groups in total. The first kappa shape index (κ1) is 16.3.